The van der Waals surface area contributed by atoms with Crippen LogP contribution in [0.1, 0.15) is 40.4 Å². The minimum Gasteiger partial charge on any atom is -0.325 e. The van der Waals surface area contributed by atoms with Gasteiger partial charge in [-0.05, 0) is 46.8 Å². The molecule has 1 aromatic heterocycles. The van der Waals surface area contributed by atoms with Crippen LogP contribution in [0.4, 0.5) is 0 Å². The summed E-state index contributed by atoms with van der Waals surface area (Å²) in [5.41, 5.74) is 8.15. The molecule has 0 amide bonds. The Bertz CT molecular complexity index is 553. The molecule has 3 heteroatoms. The smallest absolute Gasteiger partial charge is 0.112 e. The number of para-hydroxylation sites is 2. The summed E-state index contributed by atoms with van der Waals surface area (Å²) >= 11 is 0. The van der Waals surface area contributed by atoms with Gasteiger partial charge in [-0.2, -0.15) is 0 Å². The van der Waals surface area contributed by atoms with Crippen molar-refractivity contribution in [3.63, 3.8) is 0 Å². The summed E-state index contributed by atoms with van der Waals surface area (Å²) in [6, 6.07) is 8.27. The third kappa shape index (κ3) is 2.56. The SMILES string of the molecule is CC(C)(N)Cc1nc2ccccc2n1C(C)(C)C. The third-order valence-corrected chi connectivity index (χ3v) is 2.91. The van der Waals surface area contributed by atoms with Crippen LogP contribution in [0.3, 0.4) is 0 Å². The van der Waals surface area contributed by atoms with Gasteiger partial charge in [-0.3, -0.25) is 0 Å². The molecule has 0 atom stereocenters. The fourth-order valence-electron chi connectivity index (χ4n) is 2.35. The molecule has 1 heterocycles. The van der Waals surface area contributed by atoms with Crippen molar-refractivity contribution in [2.24, 2.45) is 5.73 Å². The molecular weight excluding hydrogens is 222 g/mol. The van der Waals surface area contributed by atoms with Crippen LogP contribution in [0.15, 0.2) is 24.3 Å². The maximum Gasteiger partial charge on any atom is 0.112 e. The normalized spacial score (nSPS) is 13.2. The van der Waals surface area contributed by atoms with Crippen molar-refractivity contribution in [2.45, 2.75) is 52.1 Å². The van der Waals surface area contributed by atoms with Crippen LogP contribution in [0, 0.1) is 0 Å². The first-order chi connectivity index (χ1) is 8.18. The Hall–Kier alpha value is -1.35. The first-order valence-electron chi connectivity index (χ1n) is 6.44. The quantitative estimate of drug-likeness (QED) is 0.883. The Labute approximate surface area is 109 Å². The summed E-state index contributed by atoms with van der Waals surface area (Å²) in [6.45, 7) is 10.7. The van der Waals surface area contributed by atoms with Gasteiger partial charge in [-0.15, -0.1) is 0 Å². The zero-order valence-electron chi connectivity index (χ0n) is 12.0. The summed E-state index contributed by atoms with van der Waals surface area (Å²) in [6.07, 6.45) is 0.777. The number of rotatable bonds is 2. The van der Waals surface area contributed by atoms with Crippen molar-refractivity contribution in [1.82, 2.24) is 9.55 Å². The highest BCUT2D eigenvalue weighted by molar-refractivity contribution is 5.76. The Kier molecular flexibility index (Phi) is 2.98. The first-order valence-corrected chi connectivity index (χ1v) is 6.44. The minimum atomic E-state index is -0.246. The van der Waals surface area contributed by atoms with Crippen molar-refractivity contribution in [3.8, 4) is 0 Å². The molecule has 98 valence electrons. The molecule has 3 nitrogen and oxygen atoms in total. The van der Waals surface area contributed by atoms with E-state index < -0.39 is 0 Å². The lowest BCUT2D eigenvalue weighted by Crippen LogP contribution is -2.37. The second kappa shape index (κ2) is 4.09. The van der Waals surface area contributed by atoms with E-state index in [0.717, 1.165) is 17.8 Å². The van der Waals surface area contributed by atoms with E-state index in [-0.39, 0.29) is 11.1 Å². The molecule has 0 radical (unpaired) electrons. The Morgan fingerprint density at radius 3 is 2.28 bits per heavy atom. The zero-order valence-corrected chi connectivity index (χ0v) is 12.0. The van der Waals surface area contributed by atoms with Crippen LogP contribution in [0.25, 0.3) is 11.0 Å². The predicted octanol–water partition coefficient (Wildman–Crippen LogP) is 3.07. The van der Waals surface area contributed by atoms with Gasteiger partial charge >= 0.3 is 0 Å². The van der Waals surface area contributed by atoms with E-state index in [4.69, 9.17) is 10.7 Å². The van der Waals surface area contributed by atoms with Gasteiger partial charge in [0.15, 0.2) is 0 Å². The molecule has 18 heavy (non-hydrogen) atoms. The van der Waals surface area contributed by atoms with Crippen LogP contribution >= 0.6 is 0 Å². The van der Waals surface area contributed by atoms with Crippen LogP contribution in [-0.4, -0.2) is 15.1 Å². The van der Waals surface area contributed by atoms with Crippen LogP contribution in [0.5, 0.6) is 0 Å². The fourth-order valence-corrected chi connectivity index (χ4v) is 2.35. The summed E-state index contributed by atoms with van der Waals surface area (Å²) in [4.78, 5) is 4.75. The minimum absolute atomic E-state index is 0.0106. The number of benzene rings is 1. The third-order valence-electron chi connectivity index (χ3n) is 2.91. The van der Waals surface area contributed by atoms with E-state index in [9.17, 15) is 0 Å². The summed E-state index contributed by atoms with van der Waals surface area (Å²) < 4.78 is 2.30. The monoisotopic (exact) mass is 245 g/mol. The van der Waals surface area contributed by atoms with Crippen molar-refractivity contribution in [2.75, 3.05) is 0 Å². The largest absolute Gasteiger partial charge is 0.325 e. The van der Waals surface area contributed by atoms with E-state index in [1.54, 1.807) is 0 Å². The standard InChI is InChI=1S/C15H23N3/c1-14(2,3)18-12-9-7-6-8-11(12)17-13(18)10-15(4,5)16/h6-9H,10,16H2,1-5H3. The number of nitrogens with two attached hydrogens (primary N) is 1. The second-order valence-electron chi connectivity index (χ2n) is 6.69. The van der Waals surface area contributed by atoms with Crippen LogP contribution in [0.2, 0.25) is 0 Å². The summed E-state index contributed by atoms with van der Waals surface area (Å²) in [5.74, 6) is 1.07. The number of aromatic nitrogens is 2. The molecular formula is C15H23N3. The molecule has 0 aliphatic carbocycles. The number of nitrogens with zero attached hydrogens (tertiary/aromatic N) is 2. The molecule has 0 saturated carbocycles. The lowest BCUT2D eigenvalue weighted by molar-refractivity contribution is 0.378. The zero-order chi connectivity index (χ0) is 13.6. The Balaban J connectivity index is 2.65. The number of fused-ring (bicyclic) bond motifs is 1. The van der Waals surface area contributed by atoms with Gasteiger partial charge in [-0.1, -0.05) is 12.1 Å². The molecule has 0 bridgehead atoms. The van der Waals surface area contributed by atoms with Crippen LogP contribution in [-0.2, 0) is 12.0 Å². The molecule has 0 spiro atoms. The van der Waals surface area contributed by atoms with E-state index >= 15 is 0 Å². The lowest BCUT2D eigenvalue weighted by atomic mass is 10.0. The Morgan fingerprint density at radius 2 is 1.72 bits per heavy atom. The van der Waals surface area contributed by atoms with Crippen molar-refractivity contribution in [3.05, 3.63) is 30.1 Å². The van der Waals surface area contributed by atoms with E-state index in [1.807, 2.05) is 19.9 Å². The summed E-state index contributed by atoms with van der Waals surface area (Å²) in [5, 5.41) is 0. The average Bonchev–Trinajstić information content (AvgIpc) is 2.50. The topological polar surface area (TPSA) is 43.8 Å². The number of hydrogen-bond donors (Lipinski definition) is 1. The van der Waals surface area contributed by atoms with Gasteiger partial charge in [0.05, 0.1) is 11.0 Å². The lowest BCUT2D eigenvalue weighted by Gasteiger charge is -2.27. The maximum absolute atomic E-state index is 6.15. The molecule has 2 N–H and O–H groups in total. The van der Waals surface area contributed by atoms with Gasteiger partial charge in [0.25, 0.3) is 0 Å². The number of hydrogen-bond acceptors (Lipinski definition) is 2. The van der Waals surface area contributed by atoms with Gasteiger partial charge in [-0.25, -0.2) is 4.98 Å². The van der Waals surface area contributed by atoms with E-state index in [0.29, 0.717) is 0 Å². The van der Waals surface area contributed by atoms with Crippen molar-refractivity contribution in [1.29, 1.82) is 0 Å². The highest BCUT2D eigenvalue weighted by atomic mass is 15.1. The maximum atomic E-state index is 6.15. The number of imidazole rings is 1. The first kappa shape index (κ1) is 13.1. The molecule has 2 aromatic rings. The molecule has 0 saturated heterocycles. The predicted molar refractivity (Wildman–Crippen MR) is 76.7 cm³/mol. The highest BCUT2D eigenvalue weighted by Crippen LogP contribution is 2.26. The van der Waals surface area contributed by atoms with Gasteiger partial charge < -0.3 is 10.3 Å². The average molecular weight is 245 g/mol. The highest BCUT2D eigenvalue weighted by Gasteiger charge is 2.24. The molecule has 0 aliphatic heterocycles. The van der Waals surface area contributed by atoms with E-state index in [1.165, 1.54) is 5.52 Å². The van der Waals surface area contributed by atoms with Crippen LogP contribution < -0.4 is 5.73 Å². The fraction of sp³-hybridized carbons (Fsp3) is 0.533. The van der Waals surface area contributed by atoms with Gasteiger partial charge in [0.1, 0.15) is 5.82 Å². The molecule has 0 fully saturated rings. The Morgan fingerprint density at radius 1 is 1.11 bits per heavy atom. The van der Waals surface area contributed by atoms with Gasteiger partial charge in [0, 0.05) is 17.5 Å². The summed E-state index contributed by atoms with van der Waals surface area (Å²) in [7, 11) is 0. The van der Waals surface area contributed by atoms with Crippen molar-refractivity contribution < 1.29 is 0 Å². The van der Waals surface area contributed by atoms with Gasteiger partial charge in [0.2, 0.25) is 0 Å². The van der Waals surface area contributed by atoms with Crippen molar-refractivity contribution >= 4 is 11.0 Å². The molecule has 2 rings (SSSR count). The molecule has 0 aliphatic rings. The second-order valence-corrected chi connectivity index (χ2v) is 6.69. The van der Waals surface area contributed by atoms with E-state index in [2.05, 4.69) is 43.5 Å². The molecule has 1 aromatic carbocycles. The molecule has 0 unspecified atom stereocenters.